The van der Waals surface area contributed by atoms with Gasteiger partial charge in [0.15, 0.2) is 0 Å². The van der Waals surface area contributed by atoms with Crippen molar-refractivity contribution in [2.45, 2.75) is 70.8 Å². The van der Waals surface area contributed by atoms with Crippen molar-refractivity contribution < 1.29 is 9.84 Å². The molecule has 1 aromatic carbocycles. The zero-order valence-electron chi connectivity index (χ0n) is 15.1. The van der Waals surface area contributed by atoms with E-state index in [1.807, 2.05) is 6.07 Å². The zero-order valence-corrected chi connectivity index (χ0v) is 17.2. The fraction of sp³-hybridized carbons (Fsp3) is 0.619. The second-order valence-electron chi connectivity index (χ2n) is 7.94. The molecule has 1 aromatic rings. The van der Waals surface area contributed by atoms with Crippen LogP contribution in [0.3, 0.4) is 0 Å². The lowest BCUT2D eigenvalue weighted by Gasteiger charge is -2.47. The highest BCUT2D eigenvalue weighted by molar-refractivity contribution is 14.1. The number of halogens is 1. The molecular weight excluding hydrogens is 411 g/mol. The smallest absolute Gasteiger partial charge is 0.127 e. The van der Waals surface area contributed by atoms with E-state index in [9.17, 15) is 5.11 Å². The predicted octanol–water partition coefficient (Wildman–Crippen LogP) is 6.15. The number of benzene rings is 1. The highest BCUT2D eigenvalue weighted by Crippen LogP contribution is 2.54. The van der Waals surface area contributed by atoms with E-state index in [1.54, 1.807) is 0 Å². The molecule has 3 heteroatoms. The summed E-state index contributed by atoms with van der Waals surface area (Å²) in [6.45, 7) is 6.61. The summed E-state index contributed by atoms with van der Waals surface area (Å²) in [5.74, 6) is 2.17. The summed E-state index contributed by atoms with van der Waals surface area (Å²) in [4.78, 5) is 0. The molecule has 0 radical (unpaired) electrons. The molecular formula is C21H29IO2. The Morgan fingerprint density at radius 3 is 2.79 bits per heavy atom. The zero-order chi connectivity index (χ0) is 17.3. The summed E-state index contributed by atoms with van der Waals surface area (Å²) in [7, 11) is 0. The number of rotatable bonds is 5. The number of aromatic hydroxyl groups is 1. The van der Waals surface area contributed by atoms with Crippen LogP contribution in [0.25, 0.3) is 0 Å². The van der Waals surface area contributed by atoms with Gasteiger partial charge in [0.2, 0.25) is 0 Å². The average molecular weight is 440 g/mol. The van der Waals surface area contributed by atoms with Crippen molar-refractivity contribution in [3.05, 3.63) is 34.9 Å². The van der Waals surface area contributed by atoms with Gasteiger partial charge in [0, 0.05) is 17.4 Å². The molecule has 0 unspecified atom stereocenters. The first-order valence-corrected chi connectivity index (χ1v) is 10.7. The summed E-state index contributed by atoms with van der Waals surface area (Å²) < 4.78 is 7.61. The molecule has 0 saturated carbocycles. The summed E-state index contributed by atoms with van der Waals surface area (Å²) >= 11 is 2.43. The first-order valence-electron chi connectivity index (χ1n) is 9.19. The molecule has 132 valence electrons. The van der Waals surface area contributed by atoms with E-state index >= 15 is 0 Å². The van der Waals surface area contributed by atoms with Crippen LogP contribution in [0.4, 0.5) is 0 Å². The number of ether oxygens (including phenoxy) is 1. The van der Waals surface area contributed by atoms with Gasteiger partial charge in [-0.05, 0) is 75.0 Å². The van der Waals surface area contributed by atoms with Crippen molar-refractivity contribution in [2.24, 2.45) is 5.92 Å². The molecule has 1 heterocycles. The number of hydrogen-bond donors (Lipinski definition) is 1. The Morgan fingerprint density at radius 2 is 2.04 bits per heavy atom. The fourth-order valence-corrected chi connectivity index (χ4v) is 4.90. The Kier molecular flexibility index (Phi) is 5.48. The van der Waals surface area contributed by atoms with Crippen molar-refractivity contribution in [1.29, 1.82) is 0 Å². The largest absolute Gasteiger partial charge is 0.508 e. The maximum absolute atomic E-state index is 10.7. The van der Waals surface area contributed by atoms with Crippen LogP contribution >= 0.6 is 22.6 Å². The van der Waals surface area contributed by atoms with Crippen LogP contribution in [0.2, 0.25) is 0 Å². The fourth-order valence-electron chi connectivity index (χ4n) is 4.36. The third-order valence-electron chi connectivity index (χ3n) is 5.66. The van der Waals surface area contributed by atoms with Gasteiger partial charge < -0.3 is 9.84 Å². The third-order valence-corrected chi connectivity index (χ3v) is 6.43. The number of allylic oxidation sites excluding steroid dienone is 2. The van der Waals surface area contributed by atoms with Crippen molar-refractivity contribution >= 4 is 22.6 Å². The average Bonchev–Trinajstić information content (AvgIpc) is 2.50. The second-order valence-corrected chi connectivity index (χ2v) is 9.01. The number of phenols is 1. The minimum atomic E-state index is -0.179. The third kappa shape index (κ3) is 3.61. The van der Waals surface area contributed by atoms with E-state index < -0.39 is 0 Å². The van der Waals surface area contributed by atoms with Crippen molar-refractivity contribution in [3.8, 4) is 11.5 Å². The maximum Gasteiger partial charge on any atom is 0.127 e. The van der Waals surface area contributed by atoms with Gasteiger partial charge in [-0.3, -0.25) is 0 Å². The molecule has 2 aliphatic rings. The van der Waals surface area contributed by atoms with Crippen LogP contribution in [0.5, 0.6) is 11.5 Å². The predicted molar refractivity (Wildman–Crippen MR) is 108 cm³/mol. The molecule has 1 aliphatic carbocycles. The lowest BCUT2D eigenvalue weighted by atomic mass is 9.67. The van der Waals surface area contributed by atoms with Crippen LogP contribution < -0.4 is 4.74 Å². The molecule has 2 nitrogen and oxygen atoms in total. The standard InChI is InChI=1S/C21H29IO2/c1-14-8-9-17-16(11-14)20-18(23)12-15(7-5-4-6-10-22)13-19(20)24-21(17,2)3/h8,12-13,16-17,23H,4-7,9-11H2,1-3H3/t16-,17+/m1/s1. The van der Waals surface area contributed by atoms with E-state index in [-0.39, 0.29) is 5.60 Å². The first-order chi connectivity index (χ1) is 11.4. The van der Waals surface area contributed by atoms with Crippen LogP contribution in [0, 0.1) is 5.92 Å². The van der Waals surface area contributed by atoms with Crippen LogP contribution in [0.15, 0.2) is 23.8 Å². The number of aryl methyl sites for hydroxylation is 1. The van der Waals surface area contributed by atoms with Crippen LogP contribution in [-0.4, -0.2) is 15.1 Å². The van der Waals surface area contributed by atoms with E-state index in [4.69, 9.17) is 4.74 Å². The van der Waals surface area contributed by atoms with Crippen molar-refractivity contribution in [2.75, 3.05) is 4.43 Å². The summed E-state index contributed by atoms with van der Waals surface area (Å²) in [5.41, 5.74) is 3.50. The van der Waals surface area contributed by atoms with Gasteiger partial charge in [-0.15, -0.1) is 0 Å². The molecule has 0 spiro atoms. The van der Waals surface area contributed by atoms with Gasteiger partial charge >= 0.3 is 0 Å². The summed E-state index contributed by atoms with van der Waals surface area (Å²) in [5, 5.41) is 10.7. The van der Waals surface area contributed by atoms with Crippen molar-refractivity contribution in [1.82, 2.24) is 0 Å². The lowest BCUT2D eigenvalue weighted by Crippen LogP contribution is -2.45. The number of fused-ring (bicyclic) bond motifs is 3. The molecule has 0 saturated heterocycles. The van der Waals surface area contributed by atoms with Gasteiger partial charge in [-0.1, -0.05) is 40.7 Å². The molecule has 1 N–H and O–H groups in total. The van der Waals surface area contributed by atoms with Gasteiger partial charge in [0.1, 0.15) is 17.1 Å². The maximum atomic E-state index is 10.7. The van der Waals surface area contributed by atoms with Crippen molar-refractivity contribution in [3.63, 3.8) is 0 Å². The van der Waals surface area contributed by atoms with Gasteiger partial charge in [-0.25, -0.2) is 0 Å². The monoisotopic (exact) mass is 440 g/mol. The lowest BCUT2D eigenvalue weighted by molar-refractivity contribution is 0.00753. The van der Waals surface area contributed by atoms with Crippen LogP contribution in [0.1, 0.15) is 69.9 Å². The minimum absolute atomic E-state index is 0.179. The van der Waals surface area contributed by atoms with Crippen LogP contribution in [-0.2, 0) is 6.42 Å². The Hall–Kier alpha value is -0.710. The Morgan fingerprint density at radius 1 is 1.25 bits per heavy atom. The number of hydrogen-bond acceptors (Lipinski definition) is 2. The Balaban J connectivity index is 1.89. The molecule has 0 fully saturated rings. The number of unbranched alkanes of at least 4 members (excludes halogenated alkanes) is 2. The SMILES string of the molecule is CC1=CC[C@H]2[C@@H](C1)c1c(O)cc(CCCCCI)cc1OC2(C)C. The van der Waals surface area contributed by atoms with E-state index in [1.165, 1.54) is 34.8 Å². The minimum Gasteiger partial charge on any atom is -0.508 e. The topological polar surface area (TPSA) is 29.5 Å². The molecule has 24 heavy (non-hydrogen) atoms. The Bertz CT molecular complexity index is 633. The number of phenolic OH excluding ortho intramolecular Hbond substituents is 1. The molecule has 3 rings (SSSR count). The Labute approximate surface area is 159 Å². The van der Waals surface area contributed by atoms with E-state index in [0.717, 1.165) is 30.6 Å². The first kappa shape index (κ1) is 18.1. The van der Waals surface area contributed by atoms with E-state index in [0.29, 0.717) is 17.6 Å². The molecule has 0 bridgehead atoms. The second kappa shape index (κ2) is 7.27. The van der Waals surface area contributed by atoms with E-state index in [2.05, 4.69) is 55.5 Å². The molecule has 0 amide bonds. The highest BCUT2D eigenvalue weighted by Gasteiger charge is 2.45. The summed E-state index contributed by atoms with van der Waals surface area (Å²) in [6, 6.07) is 4.17. The van der Waals surface area contributed by atoms with Gasteiger partial charge in [-0.2, -0.15) is 0 Å². The number of alkyl halides is 1. The molecule has 1 aliphatic heterocycles. The quantitative estimate of drug-likeness (QED) is 0.258. The normalized spacial score (nSPS) is 24.6. The van der Waals surface area contributed by atoms with Gasteiger partial charge in [0.05, 0.1) is 0 Å². The summed E-state index contributed by atoms with van der Waals surface area (Å²) in [6.07, 6.45) is 9.15. The highest BCUT2D eigenvalue weighted by atomic mass is 127. The van der Waals surface area contributed by atoms with Gasteiger partial charge in [0.25, 0.3) is 0 Å². The molecule has 0 aromatic heterocycles. The molecule has 2 atom stereocenters.